The summed E-state index contributed by atoms with van der Waals surface area (Å²) in [6.45, 7) is 7.82. The molecule has 7 nitrogen and oxygen atoms in total. The van der Waals surface area contributed by atoms with Crippen LogP contribution in [0.25, 0.3) is 0 Å². The van der Waals surface area contributed by atoms with Crippen LogP contribution in [-0.2, 0) is 32.6 Å². The fraction of sp³-hybridized carbons (Fsp3) is 0.355. The number of amides is 2. The molecule has 0 bridgehead atoms. The van der Waals surface area contributed by atoms with E-state index in [0.717, 1.165) is 32.8 Å². The van der Waals surface area contributed by atoms with Gasteiger partial charge in [0.05, 0.1) is 11.9 Å². The molecule has 3 rings (SSSR count). The number of carbonyl (C=O) groups excluding carboxylic acids is 2. The third-order valence-corrected chi connectivity index (χ3v) is 8.12. The molecule has 0 saturated carbocycles. The molecule has 0 heterocycles. The number of hydrogen-bond donors (Lipinski definition) is 1. The number of halogens is 1. The van der Waals surface area contributed by atoms with E-state index in [1.165, 1.54) is 4.90 Å². The van der Waals surface area contributed by atoms with Crippen molar-refractivity contribution in [1.82, 2.24) is 10.2 Å². The zero-order valence-corrected chi connectivity index (χ0v) is 25.3. The van der Waals surface area contributed by atoms with E-state index in [9.17, 15) is 18.0 Å². The molecule has 3 aromatic rings. The second-order valence-electron chi connectivity index (χ2n) is 10.5. The number of aryl methyl sites for hydroxylation is 1. The van der Waals surface area contributed by atoms with Crippen LogP contribution in [0.5, 0.6) is 0 Å². The Labute approximate surface area is 243 Å². The first-order valence-electron chi connectivity index (χ1n) is 13.3. The second kappa shape index (κ2) is 13.8. The van der Waals surface area contributed by atoms with Crippen LogP contribution >= 0.6 is 11.6 Å². The second-order valence-corrected chi connectivity index (χ2v) is 12.8. The number of benzene rings is 3. The summed E-state index contributed by atoms with van der Waals surface area (Å²) in [6.07, 6.45) is 1.36. The Bertz CT molecular complexity index is 1410. The first-order valence-corrected chi connectivity index (χ1v) is 15.5. The Balaban J connectivity index is 2.07. The molecule has 0 spiro atoms. The van der Waals surface area contributed by atoms with Crippen molar-refractivity contribution in [1.29, 1.82) is 0 Å². The number of hydrogen-bond acceptors (Lipinski definition) is 4. The summed E-state index contributed by atoms with van der Waals surface area (Å²) in [5.41, 5.74) is 3.76. The maximum atomic E-state index is 14.1. The van der Waals surface area contributed by atoms with Gasteiger partial charge >= 0.3 is 0 Å². The van der Waals surface area contributed by atoms with E-state index >= 15 is 0 Å². The first-order chi connectivity index (χ1) is 18.9. The summed E-state index contributed by atoms with van der Waals surface area (Å²) in [7, 11) is -3.82. The van der Waals surface area contributed by atoms with E-state index in [1.807, 2.05) is 64.1 Å². The molecule has 0 aliphatic rings. The summed E-state index contributed by atoms with van der Waals surface area (Å²) in [6, 6.07) is 21.0. The van der Waals surface area contributed by atoms with Crippen LogP contribution in [0.2, 0.25) is 5.02 Å². The van der Waals surface area contributed by atoms with Crippen molar-refractivity contribution in [2.24, 2.45) is 5.92 Å². The first kappa shape index (κ1) is 31.2. The molecule has 9 heteroatoms. The average Bonchev–Trinajstić information content (AvgIpc) is 2.90. The largest absolute Gasteiger partial charge is 0.354 e. The lowest BCUT2D eigenvalue weighted by molar-refractivity contribution is -0.140. The fourth-order valence-corrected chi connectivity index (χ4v) is 5.39. The summed E-state index contributed by atoms with van der Waals surface area (Å²) >= 11 is 6.10. The highest BCUT2D eigenvalue weighted by atomic mass is 35.5. The predicted molar refractivity (Wildman–Crippen MR) is 162 cm³/mol. The highest BCUT2D eigenvalue weighted by Crippen LogP contribution is 2.26. The molecule has 2 amide bonds. The molecule has 0 fully saturated rings. The maximum Gasteiger partial charge on any atom is 0.244 e. The van der Waals surface area contributed by atoms with E-state index in [0.29, 0.717) is 17.3 Å². The molecule has 0 unspecified atom stereocenters. The Morgan fingerprint density at radius 1 is 0.900 bits per heavy atom. The van der Waals surface area contributed by atoms with Gasteiger partial charge in [0.2, 0.25) is 21.8 Å². The number of rotatable bonds is 12. The molecular formula is C31H38ClN3O4S. The third-order valence-electron chi connectivity index (χ3n) is 6.75. The van der Waals surface area contributed by atoms with Gasteiger partial charge in [-0.2, -0.15) is 0 Å². The molecule has 0 aromatic heterocycles. The van der Waals surface area contributed by atoms with Crippen molar-refractivity contribution in [2.75, 3.05) is 23.7 Å². The van der Waals surface area contributed by atoms with E-state index in [1.54, 1.807) is 36.4 Å². The third kappa shape index (κ3) is 8.57. The molecular weight excluding hydrogens is 546 g/mol. The normalized spacial score (nSPS) is 12.2. The van der Waals surface area contributed by atoms with Gasteiger partial charge < -0.3 is 10.2 Å². The quantitative estimate of drug-likeness (QED) is 0.320. The lowest BCUT2D eigenvalue weighted by Crippen LogP contribution is -2.53. The summed E-state index contributed by atoms with van der Waals surface area (Å²) in [4.78, 5) is 29.2. The van der Waals surface area contributed by atoms with Gasteiger partial charge in [0, 0.05) is 24.5 Å². The van der Waals surface area contributed by atoms with E-state index in [-0.39, 0.29) is 24.8 Å². The van der Waals surface area contributed by atoms with E-state index < -0.39 is 28.5 Å². The minimum atomic E-state index is -3.82. The Morgan fingerprint density at radius 2 is 1.55 bits per heavy atom. The molecule has 3 aromatic carbocycles. The van der Waals surface area contributed by atoms with Gasteiger partial charge in [-0.1, -0.05) is 80.0 Å². The Kier molecular flexibility index (Phi) is 10.8. The predicted octanol–water partition coefficient (Wildman–Crippen LogP) is 5.14. The van der Waals surface area contributed by atoms with Crippen molar-refractivity contribution in [3.8, 4) is 0 Å². The van der Waals surface area contributed by atoms with Gasteiger partial charge in [0.15, 0.2) is 0 Å². The summed E-state index contributed by atoms with van der Waals surface area (Å²) < 4.78 is 27.1. The Morgan fingerprint density at radius 3 is 2.15 bits per heavy atom. The zero-order valence-electron chi connectivity index (χ0n) is 23.7. The van der Waals surface area contributed by atoms with Gasteiger partial charge in [-0.05, 0) is 60.2 Å². The van der Waals surface area contributed by atoms with Crippen molar-refractivity contribution < 1.29 is 18.0 Å². The number of nitrogens with one attached hydrogen (secondary N) is 1. The molecule has 214 valence electrons. The van der Waals surface area contributed by atoms with Crippen molar-refractivity contribution in [3.63, 3.8) is 0 Å². The Hall–Kier alpha value is -3.36. The van der Waals surface area contributed by atoms with E-state index in [2.05, 4.69) is 5.32 Å². The van der Waals surface area contributed by atoms with Gasteiger partial charge in [0.1, 0.15) is 12.6 Å². The van der Waals surface area contributed by atoms with Crippen LogP contribution in [0, 0.1) is 19.8 Å². The lowest BCUT2D eigenvalue weighted by Gasteiger charge is -2.34. The number of carbonyl (C=O) groups is 2. The average molecular weight is 584 g/mol. The van der Waals surface area contributed by atoms with Crippen LogP contribution in [0.4, 0.5) is 5.69 Å². The van der Waals surface area contributed by atoms with Crippen molar-refractivity contribution in [3.05, 3.63) is 100 Å². The van der Waals surface area contributed by atoms with E-state index in [4.69, 9.17) is 11.6 Å². The maximum absolute atomic E-state index is 14.1. The van der Waals surface area contributed by atoms with Gasteiger partial charge in [0.25, 0.3) is 0 Å². The smallest absolute Gasteiger partial charge is 0.244 e. The molecule has 1 atom stereocenters. The van der Waals surface area contributed by atoms with Crippen LogP contribution in [-0.4, -0.2) is 50.5 Å². The summed E-state index contributed by atoms with van der Waals surface area (Å²) in [5.74, 6) is -0.564. The fourth-order valence-electron chi connectivity index (χ4n) is 4.36. The van der Waals surface area contributed by atoms with Crippen LogP contribution in [0.3, 0.4) is 0 Å². The minimum Gasteiger partial charge on any atom is -0.354 e. The van der Waals surface area contributed by atoms with Gasteiger partial charge in [-0.15, -0.1) is 0 Å². The zero-order chi connectivity index (χ0) is 29.4. The monoisotopic (exact) mass is 583 g/mol. The highest BCUT2D eigenvalue weighted by molar-refractivity contribution is 7.92. The van der Waals surface area contributed by atoms with Crippen LogP contribution < -0.4 is 9.62 Å². The SMILES string of the molecule is Cc1cccc(N(CC(=O)N(Cc2ccc(Cl)cc2)[C@H](Cc2ccccc2)C(=O)NCC(C)C)S(C)(=O)=O)c1C. The molecule has 0 radical (unpaired) electrons. The van der Waals surface area contributed by atoms with Crippen LogP contribution in [0.15, 0.2) is 72.8 Å². The lowest BCUT2D eigenvalue weighted by atomic mass is 10.0. The molecule has 0 aliphatic carbocycles. The molecule has 40 heavy (non-hydrogen) atoms. The summed E-state index contributed by atoms with van der Waals surface area (Å²) in [5, 5.41) is 3.53. The number of nitrogens with zero attached hydrogens (tertiary/aromatic N) is 2. The van der Waals surface area contributed by atoms with Crippen LogP contribution in [0.1, 0.15) is 36.1 Å². The van der Waals surface area contributed by atoms with Crippen molar-refractivity contribution >= 4 is 39.1 Å². The number of sulfonamides is 1. The standard InChI is InChI=1S/C31H38ClN3O4S/c1-22(2)19-33-31(37)29(18-25-11-7-6-8-12-25)34(20-26-14-16-27(32)17-15-26)30(36)21-35(40(5,38)39)28-13-9-10-23(3)24(28)4/h6-17,22,29H,18-21H2,1-5H3,(H,33,37)/t29-/m1/s1. The van der Waals surface area contributed by atoms with Gasteiger partial charge in [-0.25, -0.2) is 8.42 Å². The number of anilines is 1. The highest BCUT2D eigenvalue weighted by Gasteiger charge is 2.33. The molecule has 0 aliphatic heterocycles. The molecule has 0 saturated heterocycles. The van der Waals surface area contributed by atoms with Gasteiger partial charge in [-0.3, -0.25) is 13.9 Å². The minimum absolute atomic E-state index is 0.104. The molecule has 1 N–H and O–H groups in total. The van der Waals surface area contributed by atoms with Crippen molar-refractivity contribution in [2.45, 2.75) is 46.7 Å². The topological polar surface area (TPSA) is 86.8 Å².